The molecule has 1 aliphatic rings. The predicted octanol–water partition coefficient (Wildman–Crippen LogP) is 3.79. The lowest BCUT2D eigenvalue weighted by molar-refractivity contribution is -0.142. The third kappa shape index (κ3) is 3.29. The molecule has 1 heterocycles. The Morgan fingerprint density at radius 3 is 2.35 bits per heavy atom. The van der Waals surface area contributed by atoms with Crippen LogP contribution >= 0.6 is 22.6 Å². The summed E-state index contributed by atoms with van der Waals surface area (Å²) < 4.78 is 11.6. The molecule has 2 atom stereocenters. The van der Waals surface area contributed by atoms with Crippen LogP contribution in [0.3, 0.4) is 0 Å². The van der Waals surface area contributed by atoms with Gasteiger partial charge in [-0.15, -0.1) is 0 Å². The Kier molecular flexibility index (Phi) is 4.75. The fourth-order valence-electron chi connectivity index (χ4n) is 2.78. The van der Waals surface area contributed by atoms with Crippen LogP contribution < -0.4 is 9.64 Å². The van der Waals surface area contributed by atoms with Gasteiger partial charge in [-0.1, -0.05) is 12.1 Å². The van der Waals surface area contributed by atoms with Crippen molar-refractivity contribution in [2.75, 3.05) is 18.6 Å². The fraction of sp³-hybridized carbons (Fsp3) is 0.278. The highest BCUT2D eigenvalue weighted by atomic mass is 127. The average molecular weight is 423 g/mol. The highest BCUT2D eigenvalue weighted by Crippen LogP contribution is 2.47. The van der Waals surface area contributed by atoms with Crippen LogP contribution in [0.5, 0.6) is 5.75 Å². The van der Waals surface area contributed by atoms with E-state index in [0.29, 0.717) is 6.61 Å². The highest BCUT2D eigenvalue weighted by Gasteiger charge is 2.54. The van der Waals surface area contributed by atoms with Gasteiger partial charge in [-0.05, 0) is 71.5 Å². The molecule has 3 rings (SSSR count). The zero-order valence-corrected chi connectivity index (χ0v) is 15.2. The van der Waals surface area contributed by atoms with Crippen LogP contribution in [0.1, 0.15) is 18.5 Å². The predicted molar refractivity (Wildman–Crippen MR) is 97.8 cm³/mol. The first kappa shape index (κ1) is 16.1. The molecule has 1 aliphatic heterocycles. The Hall–Kier alpha value is -1.76. The molecule has 4 nitrogen and oxygen atoms in total. The molecule has 0 radical (unpaired) electrons. The first-order chi connectivity index (χ1) is 11.2. The zero-order chi connectivity index (χ0) is 16.4. The zero-order valence-electron chi connectivity index (χ0n) is 13.0. The maximum Gasteiger partial charge on any atom is 0.331 e. The minimum absolute atomic E-state index is 0.0273. The van der Waals surface area contributed by atoms with Crippen molar-refractivity contribution in [3.63, 3.8) is 0 Å². The molecule has 0 aromatic heterocycles. The number of carbonyl (C=O) groups is 1. The van der Waals surface area contributed by atoms with Gasteiger partial charge in [0.15, 0.2) is 6.04 Å². The van der Waals surface area contributed by atoms with Gasteiger partial charge in [0.25, 0.3) is 0 Å². The molecule has 1 fully saturated rings. The van der Waals surface area contributed by atoms with E-state index in [4.69, 9.17) is 9.47 Å². The molecule has 0 unspecified atom stereocenters. The van der Waals surface area contributed by atoms with Crippen molar-refractivity contribution >= 4 is 34.2 Å². The lowest BCUT2D eigenvalue weighted by atomic mass is 10.1. The maximum absolute atomic E-state index is 12.3. The second-order valence-electron chi connectivity index (χ2n) is 5.30. The molecule has 0 aliphatic carbocycles. The van der Waals surface area contributed by atoms with Crippen molar-refractivity contribution in [1.82, 2.24) is 0 Å². The molecule has 0 saturated carbocycles. The van der Waals surface area contributed by atoms with Crippen LogP contribution in [-0.2, 0) is 9.53 Å². The minimum atomic E-state index is -0.261. The average Bonchev–Trinajstić information content (AvgIpc) is 3.31. The molecule has 5 heteroatoms. The lowest BCUT2D eigenvalue weighted by Crippen LogP contribution is -2.15. The Bertz CT molecular complexity index is 684. The van der Waals surface area contributed by atoms with Gasteiger partial charge in [0.1, 0.15) is 5.75 Å². The van der Waals surface area contributed by atoms with Gasteiger partial charge < -0.3 is 14.4 Å². The van der Waals surface area contributed by atoms with E-state index in [1.165, 1.54) is 3.57 Å². The van der Waals surface area contributed by atoms with E-state index in [1.54, 1.807) is 7.11 Å². The van der Waals surface area contributed by atoms with E-state index in [1.807, 2.05) is 31.2 Å². The number of anilines is 1. The SMILES string of the molecule is CCOC(=O)[C@H]1[C@@H](c2ccc(I)cc2)N1c1ccc(OC)cc1. The molecule has 2 aromatic carbocycles. The summed E-state index contributed by atoms with van der Waals surface area (Å²) in [5, 5.41) is 0. The van der Waals surface area contributed by atoms with Crippen LogP contribution in [0.15, 0.2) is 48.5 Å². The number of esters is 1. The molecule has 0 spiro atoms. The molecule has 0 amide bonds. The van der Waals surface area contributed by atoms with E-state index in [-0.39, 0.29) is 18.1 Å². The van der Waals surface area contributed by atoms with Gasteiger partial charge in [0, 0.05) is 9.26 Å². The van der Waals surface area contributed by atoms with Gasteiger partial charge in [0.2, 0.25) is 0 Å². The maximum atomic E-state index is 12.3. The van der Waals surface area contributed by atoms with Crippen molar-refractivity contribution in [1.29, 1.82) is 0 Å². The van der Waals surface area contributed by atoms with Gasteiger partial charge >= 0.3 is 5.97 Å². The second-order valence-corrected chi connectivity index (χ2v) is 6.54. The van der Waals surface area contributed by atoms with Gasteiger partial charge in [-0.25, -0.2) is 4.79 Å². The number of rotatable bonds is 5. The molecule has 1 saturated heterocycles. The van der Waals surface area contributed by atoms with Crippen molar-refractivity contribution in [2.45, 2.75) is 19.0 Å². The van der Waals surface area contributed by atoms with Gasteiger partial charge in [-0.2, -0.15) is 0 Å². The van der Waals surface area contributed by atoms with E-state index in [2.05, 4.69) is 51.8 Å². The molecular weight excluding hydrogens is 405 g/mol. The second kappa shape index (κ2) is 6.78. The van der Waals surface area contributed by atoms with Crippen LogP contribution in [0.2, 0.25) is 0 Å². The number of nitrogens with zero attached hydrogens (tertiary/aromatic N) is 1. The molecule has 0 bridgehead atoms. The normalized spacial score (nSPS) is 19.3. The number of hydrogen-bond donors (Lipinski definition) is 0. The summed E-state index contributed by atoms with van der Waals surface area (Å²) in [5.41, 5.74) is 2.12. The minimum Gasteiger partial charge on any atom is -0.497 e. The number of hydrogen-bond acceptors (Lipinski definition) is 4. The Morgan fingerprint density at radius 1 is 1.13 bits per heavy atom. The van der Waals surface area contributed by atoms with Crippen molar-refractivity contribution in [3.05, 3.63) is 57.7 Å². The first-order valence-corrected chi connectivity index (χ1v) is 8.58. The molecule has 2 aromatic rings. The van der Waals surface area contributed by atoms with Crippen LogP contribution in [-0.4, -0.2) is 25.7 Å². The Labute approximate surface area is 149 Å². The number of methoxy groups -OCH3 is 1. The summed E-state index contributed by atoms with van der Waals surface area (Å²) in [6.07, 6.45) is 0. The summed E-state index contributed by atoms with van der Waals surface area (Å²) in [5.74, 6) is 0.626. The molecule has 120 valence electrons. The first-order valence-electron chi connectivity index (χ1n) is 7.50. The van der Waals surface area contributed by atoms with E-state index >= 15 is 0 Å². The highest BCUT2D eigenvalue weighted by molar-refractivity contribution is 14.1. The van der Waals surface area contributed by atoms with Gasteiger partial charge in [-0.3, -0.25) is 0 Å². The van der Waals surface area contributed by atoms with Crippen LogP contribution in [0.4, 0.5) is 5.69 Å². The lowest BCUT2D eigenvalue weighted by Gasteiger charge is -2.07. The standard InChI is InChI=1S/C18H18INO3/c1-3-23-18(21)17-16(12-4-6-13(19)7-5-12)20(17)14-8-10-15(22-2)11-9-14/h4-11,16-17H,3H2,1-2H3/t16-,17-,20?/m1/s1. The van der Waals surface area contributed by atoms with Crippen molar-refractivity contribution < 1.29 is 14.3 Å². The summed E-state index contributed by atoms with van der Waals surface area (Å²) in [6.45, 7) is 2.23. The summed E-state index contributed by atoms with van der Waals surface area (Å²) in [7, 11) is 1.64. The van der Waals surface area contributed by atoms with Crippen LogP contribution in [0, 0.1) is 3.57 Å². The number of benzene rings is 2. The van der Waals surface area contributed by atoms with E-state index < -0.39 is 0 Å². The largest absolute Gasteiger partial charge is 0.497 e. The quantitative estimate of drug-likeness (QED) is 0.417. The van der Waals surface area contributed by atoms with Gasteiger partial charge in [0.05, 0.1) is 19.8 Å². The fourth-order valence-corrected chi connectivity index (χ4v) is 3.14. The number of halogens is 1. The molecular formula is C18H18INO3. The summed E-state index contributed by atoms with van der Waals surface area (Å²) >= 11 is 2.28. The third-order valence-electron chi connectivity index (χ3n) is 3.92. The number of ether oxygens (including phenoxy) is 2. The van der Waals surface area contributed by atoms with Crippen LogP contribution in [0.25, 0.3) is 0 Å². The smallest absolute Gasteiger partial charge is 0.331 e. The van der Waals surface area contributed by atoms with E-state index in [9.17, 15) is 4.79 Å². The Morgan fingerprint density at radius 2 is 1.78 bits per heavy atom. The summed E-state index contributed by atoms with van der Waals surface area (Å²) in [6, 6.07) is 15.8. The van der Waals surface area contributed by atoms with Crippen molar-refractivity contribution in [3.8, 4) is 5.75 Å². The third-order valence-corrected chi connectivity index (χ3v) is 4.64. The van der Waals surface area contributed by atoms with Crippen molar-refractivity contribution in [2.24, 2.45) is 0 Å². The Balaban J connectivity index is 1.88. The van der Waals surface area contributed by atoms with E-state index in [0.717, 1.165) is 17.0 Å². The molecule has 0 N–H and O–H groups in total. The monoisotopic (exact) mass is 423 g/mol. The number of carbonyl (C=O) groups excluding carboxylic acids is 1. The topological polar surface area (TPSA) is 38.5 Å². The summed E-state index contributed by atoms with van der Waals surface area (Å²) in [4.78, 5) is 14.4. The molecule has 23 heavy (non-hydrogen) atoms.